The summed E-state index contributed by atoms with van der Waals surface area (Å²) in [5.74, 6) is -1.93. The van der Waals surface area contributed by atoms with Gasteiger partial charge in [-0.1, -0.05) is 31.1 Å². The van der Waals surface area contributed by atoms with Gasteiger partial charge >= 0.3 is 12.2 Å². The first-order valence-corrected chi connectivity index (χ1v) is 17.4. The lowest BCUT2D eigenvalue weighted by Gasteiger charge is -2.43. The number of hydrogen-bond acceptors (Lipinski definition) is 10. The second kappa shape index (κ2) is 13.1. The zero-order valence-electron chi connectivity index (χ0n) is 26.5. The number of alkyl halides is 3. The van der Waals surface area contributed by atoms with Gasteiger partial charge in [0.1, 0.15) is 28.5 Å². The molecule has 3 aliphatic rings. The van der Waals surface area contributed by atoms with Crippen LogP contribution in [0, 0.1) is 5.92 Å². The van der Waals surface area contributed by atoms with Crippen LogP contribution < -0.4 is 4.74 Å². The number of aromatic nitrogens is 2. The third kappa shape index (κ3) is 6.65. The molecule has 1 spiro atoms. The minimum Gasteiger partial charge on any atom is -0.455 e. The van der Waals surface area contributed by atoms with Crippen LogP contribution in [0.4, 0.5) is 18.0 Å². The van der Waals surface area contributed by atoms with Crippen molar-refractivity contribution in [2.24, 2.45) is 5.92 Å². The molecule has 12 nitrogen and oxygen atoms in total. The van der Waals surface area contributed by atoms with Gasteiger partial charge in [0.15, 0.2) is 9.84 Å². The van der Waals surface area contributed by atoms with Gasteiger partial charge in [0, 0.05) is 31.7 Å². The maximum absolute atomic E-state index is 14.3. The van der Waals surface area contributed by atoms with Crippen molar-refractivity contribution in [2.45, 2.75) is 56.3 Å². The Morgan fingerprint density at radius 2 is 1.75 bits per heavy atom. The Kier molecular flexibility index (Phi) is 9.26. The van der Waals surface area contributed by atoms with Gasteiger partial charge in [-0.05, 0) is 55.5 Å². The van der Waals surface area contributed by atoms with Crippen LogP contribution >= 0.6 is 0 Å². The van der Waals surface area contributed by atoms with Crippen LogP contribution in [0.5, 0.6) is 11.5 Å². The van der Waals surface area contributed by atoms with Crippen LogP contribution in [0.2, 0.25) is 0 Å². The first kappa shape index (κ1) is 33.9. The van der Waals surface area contributed by atoms with Crippen molar-refractivity contribution >= 4 is 21.8 Å². The summed E-state index contributed by atoms with van der Waals surface area (Å²) in [6.45, 7) is 6.80. The highest BCUT2D eigenvalue weighted by molar-refractivity contribution is 7.91. The van der Waals surface area contributed by atoms with Crippen molar-refractivity contribution in [3.8, 4) is 22.9 Å². The minimum absolute atomic E-state index is 0.0629. The molecule has 0 unspecified atom stereocenters. The summed E-state index contributed by atoms with van der Waals surface area (Å²) in [6.07, 6.45) is -2.98. The molecule has 258 valence electrons. The lowest BCUT2D eigenvalue weighted by Crippen LogP contribution is -2.56. The highest BCUT2D eigenvalue weighted by Gasteiger charge is 2.60. The molecular weight excluding hydrogens is 655 g/mol. The van der Waals surface area contributed by atoms with Gasteiger partial charge in [0.2, 0.25) is 11.7 Å². The van der Waals surface area contributed by atoms with E-state index >= 15 is 0 Å². The monoisotopic (exact) mass is 691 g/mol. The van der Waals surface area contributed by atoms with Crippen molar-refractivity contribution in [1.82, 2.24) is 24.8 Å². The highest BCUT2D eigenvalue weighted by atomic mass is 32.2. The average Bonchev–Trinajstić information content (AvgIpc) is 3.56. The number of ether oxygens (including phenoxy) is 2. The van der Waals surface area contributed by atoms with E-state index < -0.39 is 38.9 Å². The molecule has 2 aliphatic heterocycles. The average molecular weight is 692 g/mol. The standard InChI is InChI=1S/C32H36F3N5O7S/c1-21(2)20-48(43,44)26-7-4-3-6-25(26)46-24-9-8-22(18-23(24)32(33,34)35)28-36-27(47-37-28)19-39-29(41)31(10-5-11-31)40(30(39)42)13-12-38-14-16-45-17-15-38/h3-4,6-9,18,21H,5,10-17,19-20H2,1-2H3. The summed E-state index contributed by atoms with van der Waals surface area (Å²) in [6, 6.07) is 8.18. The molecule has 1 saturated carbocycles. The molecule has 0 atom stereocenters. The second-order valence-electron chi connectivity index (χ2n) is 12.6. The molecule has 0 bridgehead atoms. The van der Waals surface area contributed by atoms with Crippen molar-refractivity contribution in [2.75, 3.05) is 45.1 Å². The van der Waals surface area contributed by atoms with Crippen LogP contribution in [0.3, 0.4) is 0 Å². The van der Waals surface area contributed by atoms with Crippen molar-refractivity contribution < 1.29 is 45.2 Å². The fourth-order valence-electron chi connectivity index (χ4n) is 6.28. The molecule has 1 aliphatic carbocycles. The van der Waals surface area contributed by atoms with E-state index in [9.17, 15) is 31.2 Å². The smallest absolute Gasteiger partial charge is 0.420 e. The second-order valence-corrected chi connectivity index (χ2v) is 14.6. The number of nitrogens with zero attached hydrogens (tertiary/aromatic N) is 5. The van der Waals surface area contributed by atoms with Crippen molar-refractivity contribution in [1.29, 1.82) is 0 Å². The number of carbonyl (C=O) groups is 2. The fourth-order valence-corrected chi connectivity index (χ4v) is 8.04. The number of morpholine rings is 1. The molecule has 0 N–H and O–H groups in total. The van der Waals surface area contributed by atoms with Gasteiger partial charge in [-0.15, -0.1) is 0 Å². The number of carbonyl (C=O) groups excluding carboxylic acids is 2. The first-order valence-electron chi connectivity index (χ1n) is 15.8. The molecule has 1 aromatic heterocycles. The van der Waals surface area contributed by atoms with E-state index in [1.165, 1.54) is 30.3 Å². The third-order valence-electron chi connectivity index (χ3n) is 8.81. The fraction of sp³-hybridized carbons (Fsp3) is 0.500. The number of hydrogen-bond donors (Lipinski definition) is 0. The van der Waals surface area contributed by atoms with Crippen LogP contribution in [0.1, 0.15) is 44.6 Å². The number of halogens is 3. The van der Waals surface area contributed by atoms with Crippen molar-refractivity contribution in [3.05, 3.63) is 53.9 Å². The number of amides is 3. The van der Waals surface area contributed by atoms with Crippen LogP contribution in [-0.4, -0.2) is 95.9 Å². The van der Waals surface area contributed by atoms with Gasteiger partial charge < -0.3 is 18.9 Å². The predicted octanol–water partition coefficient (Wildman–Crippen LogP) is 5.00. The summed E-state index contributed by atoms with van der Waals surface area (Å²) in [5, 5.41) is 3.82. The summed E-state index contributed by atoms with van der Waals surface area (Å²) in [5.41, 5.74) is -2.15. The number of benzene rings is 2. The molecular formula is C32H36F3N5O7S. The van der Waals surface area contributed by atoms with Gasteiger partial charge in [-0.3, -0.25) is 14.6 Å². The van der Waals surface area contributed by atoms with Gasteiger partial charge in [-0.2, -0.15) is 18.2 Å². The van der Waals surface area contributed by atoms with Crippen LogP contribution in [0.25, 0.3) is 11.4 Å². The predicted molar refractivity (Wildman–Crippen MR) is 165 cm³/mol. The van der Waals surface area contributed by atoms with Crippen LogP contribution in [-0.2, 0) is 32.1 Å². The number of urea groups is 1. The van der Waals surface area contributed by atoms with Gasteiger partial charge in [-0.25, -0.2) is 13.2 Å². The largest absolute Gasteiger partial charge is 0.455 e. The Balaban J connectivity index is 1.21. The zero-order chi connectivity index (χ0) is 34.3. The Hall–Kier alpha value is -4.02. The quantitative estimate of drug-likeness (QED) is 0.253. The lowest BCUT2D eigenvalue weighted by atomic mass is 9.75. The summed E-state index contributed by atoms with van der Waals surface area (Å²) in [4.78, 5) is 35.8. The van der Waals surface area contributed by atoms with E-state index in [0.717, 1.165) is 36.5 Å². The van der Waals surface area contributed by atoms with E-state index in [1.807, 2.05) is 0 Å². The highest BCUT2D eigenvalue weighted by Crippen LogP contribution is 2.45. The Labute approximate surface area is 275 Å². The topological polar surface area (TPSA) is 135 Å². The van der Waals surface area contributed by atoms with E-state index in [1.54, 1.807) is 18.7 Å². The van der Waals surface area contributed by atoms with E-state index in [4.69, 9.17) is 14.0 Å². The molecule has 3 fully saturated rings. The van der Waals surface area contributed by atoms with E-state index in [-0.39, 0.29) is 52.0 Å². The molecule has 0 radical (unpaired) electrons. The number of sulfone groups is 1. The normalized spacial score (nSPS) is 18.6. The number of imide groups is 1. The molecule has 3 amide bonds. The van der Waals surface area contributed by atoms with Crippen molar-refractivity contribution in [3.63, 3.8) is 0 Å². The molecule has 2 aromatic carbocycles. The van der Waals surface area contributed by atoms with Gasteiger partial charge in [0.05, 0.1) is 24.5 Å². The molecule has 6 rings (SSSR count). The third-order valence-corrected chi connectivity index (χ3v) is 10.9. The van der Waals surface area contributed by atoms with Gasteiger partial charge in [0.25, 0.3) is 5.91 Å². The Morgan fingerprint density at radius 3 is 2.42 bits per heavy atom. The summed E-state index contributed by atoms with van der Waals surface area (Å²) < 4.78 is 85.0. The summed E-state index contributed by atoms with van der Waals surface area (Å²) >= 11 is 0. The maximum atomic E-state index is 14.3. The molecule has 16 heteroatoms. The molecule has 48 heavy (non-hydrogen) atoms. The SMILES string of the molecule is CC(C)CS(=O)(=O)c1ccccc1Oc1ccc(-c2noc(CN3C(=O)N(CCN4CCOCC4)C4(CCC4)C3=O)n2)cc1C(F)(F)F. The zero-order valence-corrected chi connectivity index (χ0v) is 27.3. The number of para-hydroxylation sites is 1. The summed E-state index contributed by atoms with van der Waals surface area (Å²) in [7, 11) is -3.84. The van der Waals surface area contributed by atoms with Crippen LogP contribution in [0.15, 0.2) is 51.9 Å². The molecule has 2 saturated heterocycles. The Bertz CT molecular complexity index is 1790. The maximum Gasteiger partial charge on any atom is 0.420 e. The Morgan fingerprint density at radius 1 is 1.02 bits per heavy atom. The molecule has 3 aromatic rings. The van der Waals surface area contributed by atoms with E-state index in [0.29, 0.717) is 39.1 Å². The first-order chi connectivity index (χ1) is 22.8. The minimum atomic E-state index is -4.89. The van der Waals surface area contributed by atoms with E-state index in [2.05, 4.69) is 15.0 Å². The lowest BCUT2D eigenvalue weighted by molar-refractivity contribution is -0.139. The molecule has 3 heterocycles. The number of rotatable bonds is 11.